The van der Waals surface area contributed by atoms with Crippen molar-refractivity contribution in [2.45, 2.75) is 118 Å². The lowest BCUT2D eigenvalue weighted by Gasteiger charge is -2.14. The van der Waals surface area contributed by atoms with Crippen LogP contribution < -0.4 is 10.4 Å². The summed E-state index contributed by atoms with van der Waals surface area (Å²) < 4.78 is 16.0. The van der Waals surface area contributed by atoms with Crippen LogP contribution in [0.5, 0.6) is 0 Å². The van der Waals surface area contributed by atoms with Gasteiger partial charge in [-0.3, -0.25) is 34.3 Å². The molecule has 0 saturated heterocycles. The SMILES string of the molecule is CCCCC(CC)COC(=O)CC#N.CCCCCCOC(=O)C(C#N)=c1c2cccnc2c(=C(C#N)C(=O)OCC(CC)CCCC)c2ncccc12.O=C1c2cccnc2C(=O)c2ncccc21. The number of hydrogen-bond acceptors (Lipinski definition) is 15. The summed E-state index contributed by atoms with van der Waals surface area (Å²) in [6.45, 7) is 11.4. The molecule has 1 aliphatic rings. The monoisotopic (exact) mass is 947 g/mol. The molecule has 2 atom stereocenters. The molecule has 0 saturated carbocycles. The van der Waals surface area contributed by atoms with Crippen LogP contribution in [0.2, 0.25) is 0 Å². The predicted octanol–water partition coefficient (Wildman–Crippen LogP) is 8.93. The van der Waals surface area contributed by atoms with E-state index in [0.29, 0.717) is 46.1 Å². The maximum absolute atomic E-state index is 13.3. The molecule has 0 N–H and O–H groups in total. The number of aromatic nitrogens is 4. The molecule has 4 aromatic heterocycles. The zero-order valence-corrected chi connectivity index (χ0v) is 40.8. The minimum atomic E-state index is -0.750. The Balaban J connectivity index is 0.000000287. The number of fused-ring (bicyclic) bond motifs is 4. The normalized spacial score (nSPS) is 11.9. The molecule has 6 rings (SSSR count). The Kier molecular flexibility index (Phi) is 22.9. The molecule has 0 spiro atoms. The number of ether oxygens (including phenoxy) is 3. The van der Waals surface area contributed by atoms with Crippen LogP contribution in [0, 0.1) is 45.8 Å². The molecule has 15 nitrogen and oxygen atoms in total. The average Bonchev–Trinajstić information content (AvgIpc) is 3.39. The van der Waals surface area contributed by atoms with Crippen molar-refractivity contribution in [1.29, 1.82) is 15.8 Å². The maximum Gasteiger partial charge on any atom is 0.349 e. The number of nitrogens with zero attached hydrogens (tertiary/aromatic N) is 7. The Morgan fingerprint density at radius 2 is 1.03 bits per heavy atom. The van der Waals surface area contributed by atoms with Gasteiger partial charge in [-0.05, 0) is 67.5 Å². The summed E-state index contributed by atoms with van der Waals surface area (Å²) in [5, 5.41) is 29.9. The first-order valence-electron chi connectivity index (χ1n) is 24.1. The van der Waals surface area contributed by atoms with Crippen LogP contribution >= 0.6 is 0 Å². The minimum absolute atomic E-state index is 0.135. The number of nitriles is 3. The lowest BCUT2D eigenvalue weighted by molar-refractivity contribution is -0.144. The zero-order valence-electron chi connectivity index (χ0n) is 40.8. The molecule has 0 fully saturated rings. The van der Waals surface area contributed by atoms with E-state index in [1.807, 2.05) is 12.1 Å². The number of hydrogen-bond donors (Lipinski definition) is 0. The van der Waals surface area contributed by atoms with Crippen LogP contribution in [0.15, 0.2) is 73.3 Å². The largest absolute Gasteiger partial charge is 0.465 e. The second kappa shape index (κ2) is 29.2. The Morgan fingerprint density at radius 3 is 1.51 bits per heavy atom. The van der Waals surface area contributed by atoms with Gasteiger partial charge in [0.05, 0.1) is 53.3 Å². The number of carbonyl (C=O) groups excluding carboxylic acids is 5. The molecule has 70 heavy (non-hydrogen) atoms. The van der Waals surface area contributed by atoms with Gasteiger partial charge in [0, 0.05) is 40.8 Å². The van der Waals surface area contributed by atoms with Crippen molar-refractivity contribution in [1.82, 2.24) is 19.9 Å². The molecule has 0 amide bonds. The summed E-state index contributed by atoms with van der Waals surface area (Å²) in [5.41, 5.74) is 1.25. The lowest BCUT2D eigenvalue weighted by atomic mass is 9.90. The average molecular weight is 948 g/mol. The fourth-order valence-corrected chi connectivity index (χ4v) is 7.73. The summed E-state index contributed by atoms with van der Waals surface area (Å²) in [7, 11) is 0. The summed E-state index contributed by atoms with van der Waals surface area (Å²) in [6, 6.07) is 19.1. The van der Waals surface area contributed by atoms with Crippen LogP contribution in [-0.2, 0) is 28.6 Å². The first-order valence-corrected chi connectivity index (χ1v) is 24.1. The van der Waals surface area contributed by atoms with Gasteiger partial charge in [0.25, 0.3) is 0 Å². The van der Waals surface area contributed by atoms with E-state index >= 15 is 0 Å². The molecule has 364 valence electrons. The van der Waals surface area contributed by atoms with Crippen LogP contribution in [0.4, 0.5) is 0 Å². The van der Waals surface area contributed by atoms with Crippen molar-refractivity contribution in [3.8, 4) is 18.2 Å². The highest BCUT2D eigenvalue weighted by molar-refractivity contribution is 6.27. The molecule has 2 unspecified atom stereocenters. The van der Waals surface area contributed by atoms with Crippen molar-refractivity contribution < 1.29 is 38.2 Å². The van der Waals surface area contributed by atoms with Crippen molar-refractivity contribution in [2.75, 3.05) is 19.8 Å². The van der Waals surface area contributed by atoms with Gasteiger partial charge in [-0.1, -0.05) is 105 Å². The second-order valence-electron chi connectivity index (χ2n) is 16.6. The van der Waals surface area contributed by atoms with Crippen LogP contribution in [0.3, 0.4) is 0 Å². The van der Waals surface area contributed by atoms with Crippen molar-refractivity contribution in [2.24, 2.45) is 11.8 Å². The number of esters is 3. The molecular weight excluding hydrogens is 887 g/mol. The summed E-state index contributed by atoms with van der Waals surface area (Å²) in [6.07, 6.45) is 18.0. The fourth-order valence-electron chi connectivity index (χ4n) is 7.73. The van der Waals surface area contributed by atoms with Gasteiger partial charge >= 0.3 is 17.9 Å². The van der Waals surface area contributed by atoms with E-state index < -0.39 is 17.9 Å². The molecular formula is C55H61N7O8. The van der Waals surface area contributed by atoms with Gasteiger partial charge in [-0.2, -0.15) is 15.8 Å². The van der Waals surface area contributed by atoms with Crippen LogP contribution in [-0.4, -0.2) is 69.2 Å². The van der Waals surface area contributed by atoms with E-state index in [-0.39, 0.29) is 75.9 Å². The third kappa shape index (κ3) is 14.7. The van der Waals surface area contributed by atoms with Gasteiger partial charge in [-0.25, -0.2) is 9.59 Å². The van der Waals surface area contributed by atoms with E-state index in [1.165, 1.54) is 37.6 Å². The van der Waals surface area contributed by atoms with E-state index in [2.05, 4.69) is 54.6 Å². The fraction of sp³-hybridized carbons (Fsp3) is 0.418. The molecule has 0 radical (unpaired) electrons. The third-order valence-corrected chi connectivity index (χ3v) is 11.8. The molecule has 0 aliphatic heterocycles. The maximum atomic E-state index is 13.3. The highest BCUT2D eigenvalue weighted by Crippen LogP contribution is 2.24. The highest BCUT2D eigenvalue weighted by Gasteiger charge is 2.31. The van der Waals surface area contributed by atoms with E-state index in [4.69, 9.17) is 19.5 Å². The highest BCUT2D eigenvalue weighted by atomic mass is 16.5. The summed E-state index contributed by atoms with van der Waals surface area (Å²) in [4.78, 5) is 78.1. The number of benzene rings is 1. The van der Waals surface area contributed by atoms with E-state index in [1.54, 1.807) is 54.6 Å². The number of pyridine rings is 4. The summed E-state index contributed by atoms with van der Waals surface area (Å²) >= 11 is 0. The number of unbranched alkanes of at least 4 members (excludes halogenated alkanes) is 5. The van der Waals surface area contributed by atoms with Crippen molar-refractivity contribution >= 4 is 62.4 Å². The van der Waals surface area contributed by atoms with Gasteiger partial charge < -0.3 is 14.2 Å². The van der Waals surface area contributed by atoms with Gasteiger partial charge in [0.1, 0.15) is 41.1 Å². The van der Waals surface area contributed by atoms with Crippen LogP contribution in [0.1, 0.15) is 150 Å². The number of carbonyl (C=O) groups is 5. The lowest BCUT2D eigenvalue weighted by Crippen LogP contribution is -2.26. The second-order valence-corrected chi connectivity index (χ2v) is 16.6. The molecule has 0 bridgehead atoms. The standard InChI is InChI=1S/C32H36N4O4.C12H6N2O2.C11H19NO2/c1-4-7-9-10-18-39-31(37)25(19-33)27-23-14-11-16-35-29(23)28(30-24(27)15-12-17-36-30)26(20-34)32(38)40-21-22(6-3)13-8-5-2;15-11-7-3-1-5-13-9(7)12(16)10-8(11)4-2-6-14-10;1-3-5-6-10(4-2)9-14-11(13)7-8-12/h11-12,14-17,22H,4-10,13,18,21H2,1-3H3;1-6H;10H,3-7,9H2,1-2H3. The molecule has 1 aromatic carbocycles. The van der Waals surface area contributed by atoms with E-state index in [0.717, 1.165) is 57.8 Å². The minimum Gasteiger partial charge on any atom is -0.465 e. The number of rotatable bonds is 20. The Labute approximate surface area is 409 Å². The van der Waals surface area contributed by atoms with E-state index in [9.17, 15) is 34.5 Å². The zero-order chi connectivity index (χ0) is 50.8. The van der Waals surface area contributed by atoms with Crippen LogP contribution in [0.25, 0.3) is 33.0 Å². The quantitative estimate of drug-likeness (QED) is 0.0300. The molecule has 15 heteroatoms. The van der Waals surface area contributed by atoms with Crippen molar-refractivity contribution in [3.05, 3.63) is 106 Å². The first kappa shape index (κ1) is 54.9. The predicted molar refractivity (Wildman–Crippen MR) is 264 cm³/mol. The van der Waals surface area contributed by atoms with Gasteiger partial charge in [-0.15, -0.1) is 0 Å². The third-order valence-electron chi connectivity index (χ3n) is 11.8. The molecule has 4 heterocycles. The summed E-state index contributed by atoms with van der Waals surface area (Å²) in [5.74, 6) is -1.70. The first-order chi connectivity index (χ1) is 34.0. The van der Waals surface area contributed by atoms with Gasteiger partial charge in [0.15, 0.2) is 5.78 Å². The Morgan fingerprint density at radius 1 is 0.557 bits per heavy atom. The smallest absolute Gasteiger partial charge is 0.349 e. The topological polar surface area (TPSA) is 236 Å². The van der Waals surface area contributed by atoms with Gasteiger partial charge in [0.2, 0.25) is 5.78 Å². The molecule has 5 aromatic rings. The molecule has 1 aliphatic carbocycles. The Hall–Kier alpha value is -7.70. The number of ketones is 2. The Bertz CT molecular complexity index is 2730. The van der Waals surface area contributed by atoms with Crippen molar-refractivity contribution in [3.63, 3.8) is 0 Å².